The normalized spacial score (nSPS) is 11.6. The summed E-state index contributed by atoms with van der Waals surface area (Å²) in [5.41, 5.74) is 1.71. The Morgan fingerprint density at radius 3 is 1.79 bits per heavy atom. The zero-order valence-electron chi connectivity index (χ0n) is 9.25. The van der Waals surface area contributed by atoms with Crippen LogP contribution in [0.3, 0.4) is 0 Å². The Kier molecular flexibility index (Phi) is 8.02. The molecule has 0 saturated heterocycles. The van der Waals surface area contributed by atoms with Crippen molar-refractivity contribution in [3.8, 4) is 0 Å². The van der Waals surface area contributed by atoms with Crippen LogP contribution in [0.4, 0.5) is 0 Å². The van der Waals surface area contributed by atoms with Gasteiger partial charge in [-0.3, -0.25) is 0 Å². The minimum absolute atomic E-state index is 0.247. The molecule has 0 aromatic heterocycles. The van der Waals surface area contributed by atoms with Crippen molar-refractivity contribution >= 4 is 8.56 Å². The lowest BCUT2D eigenvalue weighted by molar-refractivity contribution is -0.0347. The Labute approximate surface area is 87.1 Å². The van der Waals surface area contributed by atoms with Gasteiger partial charge in [0.2, 0.25) is 0 Å². The molecule has 5 heteroatoms. The first-order valence-corrected chi connectivity index (χ1v) is 7.15. The Balaban J connectivity index is 3.73. The highest BCUT2D eigenvalue weighted by atomic mass is 28.4. The largest absolute Gasteiger partial charge is 0.367 e. The van der Waals surface area contributed by atoms with Crippen LogP contribution in [0.1, 0.15) is 13.8 Å². The summed E-state index contributed by atoms with van der Waals surface area (Å²) in [4.78, 5) is 0. The standard InChI is InChI=1S/C9H20O4Si/c1-5-10-8-12-14(4,7-3)13-9-11-6-2/h7H,3,5-6,8-9H2,1-2,4H3. The van der Waals surface area contributed by atoms with Crippen LogP contribution < -0.4 is 0 Å². The van der Waals surface area contributed by atoms with Gasteiger partial charge in [0.15, 0.2) is 0 Å². The average Bonchev–Trinajstić information content (AvgIpc) is 2.19. The van der Waals surface area contributed by atoms with Gasteiger partial charge < -0.3 is 18.3 Å². The maximum atomic E-state index is 5.46. The summed E-state index contributed by atoms with van der Waals surface area (Å²) < 4.78 is 21.1. The van der Waals surface area contributed by atoms with Crippen molar-refractivity contribution in [1.82, 2.24) is 0 Å². The summed E-state index contributed by atoms with van der Waals surface area (Å²) >= 11 is 0. The molecular formula is C9H20O4Si. The Morgan fingerprint density at radius 2 is 1.50 bits per heavy atom. The minimum Gasteiger partial charge on any atom is -0.367 e. The third-order valence-corrected chi connectivity index (χ3v) is 3.76. The molecule has 0 aromatic rings. The molecule has 0 unspecified atom stereocenters. The van der Waals surface area contributed by atoms with E-state index in [9.17, 15) is 0 Å². The molecule has 0 saturated carbocycles. The molecule has 0 amide bonds. The summed E-state index contributed by atoms with van der Waals surface area (Å²) in [6.45, 7) is 11.2. The van der Waals surface area contributed by atoms with Gasteiger partial charge in [0, 0.05) is 13.2 Å². The van der Waals surface area contributed by atoms with E-state index in [0.717, 1.165) is 0 Å². The number of hydrogen-bond donors (Lipinski definition) is 0. The lowest BCUT2D eigenvalue weighted by Crippen LogP contribution is -2.38. The molecule has 0 aromatic carbocycles. The Bertz CT molecular complexity index is 142. The van der Waals surface area contributed by atoms with E-state index in [1.54, 1.807) is 5.70 Å². The zero-order chi connectivity index (χ0) is 10.9. The quantitative estimate of drug-likeness (QED) is 0.337. The molecule has 0 atom stereocenters. The maximum absolute atomic E-state index is 5.46. The predicted molar refractivity (Wildman–Crippen MR) is 57.0 cm³/mol. The van der Waals surface area contributed by atoms with E-state index in [1.165, 1.54) is 0 Å². The van der Waals surface area contributed by atoms with E-state index in [1.807, 2.05) is 20.4 Å². The lowest BCUT2D eigenvalue weighted by atomic mass is 10.9. The van der Waals surface area contributed by atoms with E-state index >= 15 is 0 Å². The molecule has 0 spiro atoms. The topological polar surface area (TPSA) is 36.9 Å². The molecule has 0 aliphatic heterocycles. The fraction of sp³-hybridized carbons (Fsp3) is 0.778. The van der Waals surface area contributed by atoms with Gasteiger partial charge >= 0.3 is 8.56 Å². The van der Waals surface area contributed by atoms with Gasteiger partial charge in [-0.25, -0.2) is 0 Å². The van der Waals surface area contributed by atoms with Crippen LogP contribution in [-0.4, -0.2) is 35.4 Å². The van der Waals surface area contributed by atoms with Gasteiger partial charge in [0.1, 0.15) is 13.6 Å². The Hall–Kier alpha value is -0.203. The van der Waals surface area contributed by atoms with Crippen LogP contribution in [-0.2, 0) is 18.3 Å². The number of ether oxygens (including phenoxy) is 2. The Morgan fingerprint density at radius 1 is 1.07 bits per heavy atom. The van der Waals surface area contributed by atoms with Crippen molar-refractivity contribution in [3.05, 3.63) is 12.3 Å². The van der Waals surface area contributed by atoms with Gasteiger partial charge in [-0.15, -0.1) is 6.58 Å². The third kappa shape index (κ3) is 6.28. The van der Waals surface area contributed by atoms with Gasteiger partial charge in [-0.05, 0) is 26.1 Å². The number of rotatable bonds is 9. The fourth-order valence-corrected chi connectivity index (χ4v) is 1.60. The first kappa shape index (κ1) is 13.8. The second-order valence-corrected chi connectivity index (χ2v) is 5.75. The van der Waals surface area contributed by atoms with Crippen LogP contribution >= 0.6 is 0 Å². The summed E-state index contributed by atoms with van der Waals surface area (Å²) in [7, 11) is -2.28. The van der Waals surface area contributed by atoms with Crippen molar-refractivity contribution in [2.24, 2.45) is 0 Å². The smallest absolute Gasteiger partial charge is 0.364 e. The average molecular weight is 220 g/mol. The van der Waals surface area contributed by atoms with E-state index in [4.69, 9.17) is 18.3 Å². The minimum atomic E-state index is -2.28. The highest BCUT2D eigenvalue weighted by Gasteiger charge is 2.27. The molecule has 0 heterocycles. The molecule has 14 heavy (non-hydrogen) atoms. The van der Waals surface area contributed by atoms with Crippen molar-refractivity contribution in [2.75, 3.05) is 26.8 Å². The molecule has 0 rings (SSSR count). The molecule has 0 fully saturated rings. The fourth-order valence-electron chi connectivity index (χ4n) is 0.644. The first-order valence-electron chi connectivity index (χ1n) is 4.75. The SMILES string of the molecule is C=C[Si](C)(OCOCC)OCOCC. The first-order chi connectivity index (χ1) is 6.68. The van der Waals surface area contributed by atoms with Crippen LogP contribution in [0.5, 0.6) is 0 Å². The second-order valence-electron chi connectivity index (χ2n) is 2.73. The summed E-state index contributed by atoms with van der Waals surface area (Å²) in [6.07, 6.45) is 0. The third-order valence-electron chi connectivity index (χ3n) is 1.64. The van der Waals surface area contributed by atoms with Crippen molar-refractivity contribution in [1.29, 1.82) is 0 Å². The van der Waals surface area contributed by atoms with E-state index in [0.29, 0.717) is 13.2 Å². The van der Waals surface area contributed by atoms with E-state index < -0.39 is 8.56 Å². The predicted octanol–water partition coefficient (Wildman–Crippen LogP) is 1.80. The number of hydrogen-bond acceptors (Lipinski definition) is 4. The second kappa shape index (κ2) is 8.13. The van der Waals surface area contributed by atoms with Gasteiger partial charge in [-0.1, -0.05) is 0 Å². The van der Waals surface area contributed by atoms with Crippen molar-refractivity contribution in [3.63, 3.8) is 0 Å². The highest BCUT2D eigenvalue weighted by molar-refractivity contribution is 6.71. The van der Waals surface area contributed by atoms with Gasteiger partial charge in [0.05, 0.1) is 0 Å². The van der Waals surface area contributed by atoms with Crippen LogP contribution in [0.15, 0.2) is 12.3 Å². The molecule has 84 valence electrons. The van der Waals surface area contributed by atoms with Gasteiger partial charge in [0.25, 0.3) is 0 Å². The molecule has 0 aliphatic rings. The van der Waals surface area contributed by atoms with Crippen molar-refractivity contribution < 1.29 is 18.3 Å². The van der Waals surface area contributed by atoms with Crippen LogP contribution in [0.25, 0.3) is 0 Å². The summed E-state index contributed by atoms with van der Waals surface area (Å²) in [5, 5.41) is 0. The maximum Gasteiger partial charge on any atom is 0.364 e. The van der Waals surface area contributed by atoms with E-state index in [-0.39, 0.29) is 13.6 Å². The molecule has 0 aliphatic carbocycles. The van der Waals surface area contributed by atoms with Crippen LogP contribution in [0, 0.1) is 0 Å². The molecule has 0 radical (unpaired) electrons. The monoisotopic (exact) mass is 220 g/mol. The van der Waals surface area contributed by atoms with Gasteiger partial charge in [-0.2, -0.15) is 0 Å². The molecule has 0 bridgehead atoms. The lowest BCUT2D eigenvalue weighted by Gasteiger charge is -2.22. The molecule has 0 N–H and O–H groups in total. The molecule has 4 nitrogen and oxygen atoms in total. The summed E-state index contributed by atoms with van der Waals surface area (Å²) in [5.74, 6) is 0. The van der Waals surface area contributed by atoms with Crippen LogP contribution in [0.2, 0.25) is 6.55 Å². The zero-order valence-corrected chi connectivity index (χ0v) is 10.2. The van der Waals surface area contributed by atoms with Crippen molar-refractivity contribution in [2.45, 2.75) is 20.4 Å². The van der Waals surface area contributed by atoms with E-state index in [2.05, 4.69) is 6.58 Å². The highest BCUT2D eigenvalue weighted by Crippen LogP contribution is 2.08. The summed E-state index contributed by atoms with van der Waals surface area (Å²) in [6, 6.07) is 0. The molecular weight excluding hydrogens is 200 g/mol.